The third-order valence-corrected chi connectivity index (χ3v) is 4.92. The highest BCUT2D eigenvalue weighted by atomic mass is 19.3. The maximum Gasteiger partial charge on any atom is 0.292 e. The molecule has 0 fully saturated rings. The number of rotatable bonds is 3. The number of nitrogens with one attached hydrogen (secondary N) is 1. The summed E-state index contributed by atoms with van der Waals surface area (Å²) >= 11 is 0. The summed E-state index contributed by atoms with van der Waals surface area (Å²) in [5.74, 6) is -1.85. The van der Waals surface area contributed by atoms with Gasteiger partial charge in [-0.25, -0.2) is 23.3 Å². The number of fused-ring (bicyclic) bond motifs is 2. The predicted molar refractivity (Wildman–Crippen MR) is 91.8 cm³/mol. The van der Waals surface area contributed by atoms with Gasteiger partial charge in [0.05, 0.1) is 23.2 Å². The molecule has 148 valence electrons. The summed E-state index contributed by atoms with van der Waals surface area (Å²) in [6.45, 7) is 0.207. The minimum absolute atomic E-state index is 0.207. The SMILES string of the molecule is O=C(c1ocnc1C(F)F)N1CCc2[nH]cnc2[C@@H]1c1cc2cccc(F)n2n1. The zero-order valence-electron chi connectivity index (χ0n) is 14.7. The van der Waals surface area contributed by atoms with Crippen molar-refractivity contribution in [2.45, 2.75) is 18.9 Å². The Bertz CT molecular complexity index is 1210. The molecule has 5 rings (SSSR count). The van der Waals surface area contributed by atoms with Gasteiger partial charge in [0, 0.05) is 18.7 Å². The first-order chi connectivity index (χ1) is 14.0. The van der Waals surface area contributed by atoms with Crippen LogP contribution in [0.2, 0.25) is 0 Å². The molecule has 1 aliphatic rings. The second-order valence-corrected chi connectivity index (χ2v) is 6.54. The average Bonchev–Trinajstić information content (AvgIpc) is 3.44. The molecule has 0 spiro atoms. The summed E-state index contributed by atoms with van der Waals surface area (Å²) < 4.78 is 46.6. The van der Waals surface area contributed by atoms with Crippen LogP contribution >= 0.6 is 0 Å². The van der Waals surface area contributed by atoms with Crippen LogP contribution < -0.4 is 0 Å². The van der Waals surface area contributed by atoms with Gasteiger partial charge < -0.3 is 14.3 Å². The zero-order chi connectivity index (χ0) is 20.1. The fourth-order valence-corrected chi connectivity index (χ4v) is 3.63. The molecule has 1 atom stereocenters. The van der Waals surface area contributed by atoms with Crippen LogP contribution in [-0.4, -0.2) is 41.9 Å². The Morgan fingerprint density at radius 2 is 2.17 bits per heavy atom. The summed E-state index contributed by atoms with van der Waals surface area (Å²) in [5.41, 5.74) is 1.44. The quantitative estimate of drug-likeness (QED) is 0.532. The minimum atomic E-state index is -2.96. The molecule has 0 saturated heterocycles. The van der Waals surface area contributed by atoms with Crippen LogP contribution in [0.4, 0.5) is 13.2 Å². The van der Waals surface area contributed by atoms with Gasteiger partial charge in [-0.05, 0) is 18.2 Å². The van der Waals surface area contributed by atoms with E-state index in [0.717, 1.165) is 16.6 Å². The molecule has 0 aliphatic carbocycles. The van der Waals surface area contributed by atoms with Gasteiger partial charge in [0.2, 0.25) is 11.7 Å². The normalized spacial score (nSPS) is 16.6. The van der Waals surface area contributed by atoms with Crippen molar-refractivity contribution in [1.29, 1.82) is 0 Å². The van der Waals surface area contributed by atoms with E-state index in [-0.39, 0.29) is 6.54 Å². The number of H-pyrrole nitrogens is 1. The zero-order valence-corrected chi connectivity index (χ0v) is 14.7. The van der Waals surface area contributed by atoms with Crippen LogP contribution in [0.1, 0.15) is 45.8 Å². The Morgan fingerprint density at radius 3 is 2.97 bits per heavy atom. The van der Waals surface area contributed by atoms with Crippen molar-refractivity contribution in [1.82, 2.24) is 29.5 Å². The maximum absolute atomic E-state index is 14.1. The molecule has 1 aliphatic heterocycles. The number of oxazole rings is 1. The van der Waals surface area contributed by atoms with Gasteiger partial charge >= 0.3 is 0 Å². The van der Waals surface area contributed by atoms with Crippen LogP contribution in [0.3, 0.4) is 0 Å². The number of nitrogens with zero attached hydrogens (tertiary/aromatic N) is 5. The lowest BCUT2D eigenvalue weighted by molar-refractivity contribution is 0.0639. The Kier molecular flexibility index (Phi) is 3.89. The van der Waals surface area contributed by atoms with Crippen LogP contribution in [0.15, 0.2) is 41.4 Å². The second-order valence-electron chi connectivity index (χ2n) is 6.54. The fraction of sp³-hybridized carbons (Fsp3) is 0.222. The van der Waals surface area contributed by atoms with Crippen molar-refractivity contribution in [3.8, 4) is 0 Å². The van der Waals surface area contributed by atoms with E-state index >= 15 is 0 Å². The van der Waals surface area contributed by atoms with Gasteiger partial charge in [-0.15, -0.1) is 0 Å². The molecular formula is C18H13F3N6O2. The molecule has 1 amide bonds. The third-order valence-electron chi connectivity index (χ3n) is 4.92. The highest BCUT2D eigenvalue weighted by Crippen LogP contribution is 2.35. The molecular weight excluding hydrogens is 389 g/mol. The van der Waals surface area contributed by atoms with E-state index in [9.17, 15) is 18.0 Å². The minimum Gasteiger partial charge on any atom is -0.438 e. The monoisotopic (exact) mass is 402 g/mol. The Hall–Kier alpha value is -3.63. The van der Waals surface area contributed by atoms with Gasteiger partial charge in [0.25, 0.3) is 12.3 Å². The van der Waals surface area contributed by atoms with Crippen LogP contribution in [0, 0.1) is 5.95 Å². The molecule has 0 bridgehead atoms. The van der Waals surface area contributed by atoms with E-state index in [0.29, 0.717) is 23.3 Å². The molecule has 4 aromatic rings. The number of carbonyl (C=O) groups is 1. The molecule has 1 N–H and O–H groups in total. The van der Waals surface area contributed by atoms with Crippen molar-refractivity contribution >= 4 is 11.4 Å². The van der Waals surface area contributed by atoms with Gasteiger partial charge in [0.1, 0.15) is 6.04 Å². The molecule has 5 heterocycles. The summed E-state index contributed by atoms with van der Waals surface area (Å²) in [5, 5.41) is 4.29. The van der Waals surface area contributed by atoms with Gasteiger partial charge in [-0.1, -0.05) is 6.07 Å². The molecule has 0 unspecified atom stereocenters. The Balaban J connectivity index is 1.63. The van der Waals surface area contributed by atoms with Crippen molar-refractivity contribution in [3.05, 3.63) is 71.5 Å². The van der Waals surface area contributed by atoms with E-state index in [4.69, 9.17) is 4.42 Å². The molecule has 8 nitrogen and oxygen atoms in total. The largest absolute Gasteiger partial charge is 0.438 e. The van der Waals surface area contributed by atoms with E-state index < -0.39 is 35.8 Å². The molecule has 0 saturated carbocycles. The first-order valence-electron chi connectivity index (χ1n) is 8.73. The number of carbonyl (C=O) groups excluding carboxylic acids is 1. The lowest BCUT2D eigenvalue weighted by Crippen LogP contribution is -2.41. The molecule has 4 aromatic heterocycles. The number of hydrogen-bond acceptors (Lipinski definition) is 5. The number of aromatic amines is 1. The Labute approximate surface area is 161 Å². The topological polar surface area (TPSA) is 92.3 Å². The Morgan fingerprint density at radius 1 is 1.31 bits per heavy atom. The lowest BCUT2D eigenvalue weighted by Gasteiger charge is -2.33. The first-order valence-corrected chi connectivity index (χ1v) is 8.73. The van der Waals surface area contributed by atoms with Crippen molar-refractivity contribution in [2.24, 2.45) is 0 Å². The number of aromatic nitrogens is 5. The summed E-state index contributed by atoms with van der Waals surface area (Å²) in [6.07, 6.45) is -0.215. The summed E-state index contributed by atoms with van der Waals surface area (Å²) in [4.78, 5) is 25.2. The van der Waals surface area contributed by atoms with E-state index in [1.165, 1.54) is 17.3 Å². The number of amides is 1. The van der Waals surface area contributed by atoms with E-state index in [1.807, 2.05) is 0 Å². The van der Waals surface area contributed by atoms with Crippen molar-refractivity contribution < 1.29 is 22.4 Å². The number of alkyl halides is 2. The predicted octanol–water partition coefficient (Wildman–Crippen LogP) is 2.91. The third kappa shape index (κ3) is 2.69. The van der Waals surface area contributed by atoms with Crippen molar-refractivity contribution in [3.63, 3.8) is 0 Å². The summed E-state index contributed by atoms with van der Waals surface area (Å²) in [6, 6.07) is 5.31. The lowest BCUT2D eigenvalue weighted by atomic mass is 9.99. The molecule has 29 heavy (non-hydrogen) atoms. The molecule has 11 heteroatoms. The smallest absolute Gasteiger partial charge is 0.292 e. The van der Waals surface area contributed by atoms with Crippen LogP contribution in [-0.2, 0) is 6.42 Å². The van der Waals surface area contributed by atoms with E-state index in [1.54, 1.807) is 18.2 Å². The standard InChI is InChI=1S/C18H13F3N6O2/c19-12-3-1-2-9-6-11(25-27(9)12)15-13-10(22-7-23-13)4-5-26(15)18(28)16-14(17(20)21)24-8-29-16/h1-3,6-8,15,17H,4-5H2,(H,22,23)/t15-/m0/s1. The highest BCUT2D eigenvalue weighted by Gasteiger charge is 2.39. The van der Waals surface area contributed by atoms with Gasteiger partial charge in [-0.2, -0.15) is 9.49 Å². The number of halogens is 3. The fourth-order valence-electron chi connectivity index (χ4n) is 3.63. The van der Waals surface area contributed by atoms with Crippen LogP contribution in [0.25, 0.3) is 5.52 Å². The number of hydrogen-bond donors (Lipinski definition) is 1. The first kappa shape index (κ1) is 17.5. The maximum atomic E-state index is 14.1. The average molecular weight is 402 g/mol. The van der Waals surface area contributed by atoms with Crippen LogP contribution in [0.5, 0.6) is 0 Å². The highest BCUT2D eigenvalue weighted by molar-refractivity contribution is 5.93. The second kappa shape index (κ2) is 6.47. The van der Waals surface area contributed by atoms with Gasteiger partial charge in [0.15, 0.2) is 12.1 Å². The number of pyridine rings is 1. The van der Waals surface area contributed by atoms with Crippen molar-refractivity contribution in [2.75, 3.05) is 6.54 Å². The van der Waals surface area contributed by atoms with E-state index in [2.05, 4.69) is 20.1 Å². The molecule has 0 radical (unpaired) electrons. The molecule has 0 aromatic carbocycles. The van der Waals surface area contributed by atoms with Gasteiger partial charge in [-0.3, -0.25) is 4.79 Å². The summed E-state index contributed by atoms with van der Waals surface area (Å²) in [7, 11) is 0. The number of imidazole rings is 1.